The molecule has 0 saturated carbocycles. The third-order valence-electron chi connectivity index (χ3n) is 3.00. The van der Waals surface area contributed by atoms with Crippen LogP contribution in [0.15, 0.2) is 16.6 Å². The van der Waals surface area contributed by atoms with Crippen molar-refractivity contribution in [2.45, 2.75) is 31.9 Å². The molecule has 0 radical (unpaired) electrons. The van der Waals surface area contributed by atoms with Gasteiger partial charge in [-0.05, 0) is 41.8 Å². The minimum absolute atomic E-state index is 0.125. The number of hydrogen-bond acceptors (Lipinski definition) is 3. The fourth-order valence-electron chi connectivity index (χ4n) is 2.02. The summed E-state index contributed by atoms with van der Waals surface area (Å²) in [6, 6.07) is 3.10. The first-order valence-corrected chi connectivity index (χ1v) is 6.50. The maximum absolute atomic E-state index is 13.4. The van der Waals surface area contributed by atoms with Gasteiger partial charge in [-0.3, -0.25) is 0 Å². The lowest BCUT2D eigenvalue weighted by Crippen LogP contribution is -2.30. The van der Waals surface area contributed by atoms with Gasteiger partial charge in [0.2, 0.25) is 0 Å². The molecule has 0 bridgehead atoms. The summed E-state index contributed by atoms with van der Waals surface area (Å²) in [5.74, 6) is -0.318. The summed E-state index contributed by atoms with van der Waals surface area (Å²) in [6.07, 6.45) is 2.30. The second-order valence-electron chi connectivity index (χ2n) is 4.34. The van der Waals surface area contributed by atoms with Crippen molar-refractivity contribution in [2.75, 3.05) is 17.7 Å². The van der Waals surface area contributed by atoms with Gasteiger partial charge in [0.25, 0.3) is 0 Å². The van der Waals surface area contributed by atoms with Crippen LogP contribution in [0.4, 0.5) is 15.8 Å². The summed E-state index contributed by atoms with van der Waals surface area (Å²) in [4.78, 5) is 0. The number of ether oxygens (including phenoxy) is 1. The zero-order valence-corrected chi connectivity index (χ0v) is 11.3. The van der Waals surface area contributed by atoms with Gasteiger partial charge in [0.05, 0.1) is 22.0 Å². The van der Waals surface area contributed by atoms with Crippen LogP contribution in [0.25, 0.3) is 0 Å². The van der Waals surface area contributed by atoms with E-state index in [2.05, 4.69) is 21.2 Å². The fourth-order valence-corrected chi connectivity index (χ4v) is 2.38. The molecule has 0 spiro atoms. The molecule has 5 heteroatoms. The standard InChI is InChI=1S/C12H16BrFN2O/c1-7(12-3-2-4-17-12)16-11-6-9(14)8(13)5-10(11)15/h5-7,12,16H,2-4,15H2,1H3. The molecule has 17 heavy (non-hydrogen) atoms. The number of benzene rings is 1. The summed E-state index contributed by atoms with van der Waals surface area (Å²) < 4.78 is 19.4. The summed E-state index contributed by atoms with van der Waals surface area (Å²) in [5.41, 5.74) is 6.99. The molecule has 1 aliphatic rings. The van der Waals surface area contributed by atoms with Gasteiger partial charge in [-0.2, -0.15) is 0 Å². The zero-order chi connectivity index (χ0) is 12.4. The molecule has 2 atom stereocenters. The van der Waals surface area contributed by atoms with Crippen LogP contribution in [0.5, 0.6) is 0 Å². The molecule has 1 aromatic rings. The van der Waals surface area contributed by atoms with Crippen molar-refractivity contribution in [2.24, 2.45) is 0 Å². The van der Waals surface area contributed by atoms with Gasteiger partial charge < -0.3 is 15.8 Å². The number of nitrogens with one attached hydrogen (secondary N) is 1. The quantitative estimate of drug-likeness (QED) is 0.843. The molecule has 1 aromatic carbocycles. The lowest BCUT2D eigenvalue weighted by atomic mass is 10.1. The van der Waals surface area contributed by atoms with E-state index in [0.29, 0.717) is 15.8 Å². The Kier molecular flexibility index (Phi) is 3.89. The van der Waals surface area contributed by atoms with Crippen molar-refractivity contribution in [3.05, 3.63) is 22.4 Å². The third kappa shape index (κ3) is 2.90. The monoisotopic (exact) mass is 302 g/mol. The van der Waals surface area contributed by atoms with Crippen LogP contribution < -0.4 is 11.1 Å². The molecule has 3 nitrogen and oxygen atoms in total. The average Bonchev–Trinajstić information content (AvgIpc) is 2.79. The first-order valence-electron chi connectivity index (χ1n) is 5.70. The lowest BCUT2D eigenvalue weighted by Gasteiger charge is -2.22. The molecular formula is C12H16BrFN2O. The van der Waals surface area contributed by atoms with Crippen LogP contribution in [-0.4, -0.2) is 18.8 Å². The van der Waals surface area contributed by atoms with Gasteiger partial charge in [0.15, 0.2) is 0 Å². The third-order valence-corrected chi connectivity index (χ3v) is 3.61. The second kappa shape index (κ2) is 5.23. The van der Waals surface area contributed by atoms with E-state index in [9.17, 15) is 4.39 Å². The molecule has 0 aromatic heterocycles. The Morgan fingerprint density at radius 1 is 1.59 bits per heavy atom. The first kappa shape index (κ1) is 12.6. The van der Waals surface area contributed by atoms with Crippen molar-refractivity contribution >= 4 is 27.3 Å². The molecule has 1 fully saturated rings. The Bertz CT molecular complexity index is 408. The van der Waals surface area contributed by atoms with E-state index in [0.717, 1.165) is 19.4 Å². The summed E-state index contributed by atoms with van der Waals surface area (Å²) >= 11 is 3.11. The molecule has 0 amide bonds. The van der Waals surface area contributed by atoms with E-state index < -0.39 is 0 Å². The van der Waals surface area contributed by atoms with Gasteiger partial charge >= 0.3 is 0 Å². The molecule has 1 heterocycles. The Morgan fingerprint density at radius 3 is 3.00 bits per heavy atom. The molecule has 1 saturated heterocycles. The summed E-state index contributed by atoms with van der Waals surface area (Å²) in [7, 11) is 0. The average molecular weight is 303 g/mol. The van der Waals surface area contributed by atoms with E-state index >= 15 is 0 Å². The maximum atomic E-state index is 13.4. The van der Waals surface area contributed by atoms with Crippen LogP contribution in [0, 0.1) is 5.82 Å². The van der Waals surface area contributed by atoms with Crippen molar-refractivity contribution in [1.82, 2.24) is 0 Å². The Hall–Kier alpha value is -0.810. The summed E-state index contributed by atoms with van der Waals surface area (Å²) in [6.45, 7) is 2.83. The van der Waals surface area contributed by atoms with Crippen molar-refractivity contribution in [3.63, 3.8) is 0 Å². The zero-order valence-electron chi connectivity index (χ0n) is 9.67. The molecule has 0 aliphatic carbocycles. The second-order valence-corrected chi connectivity index (χ2v) is 5.19. The highest BCUT2D eigenvalue weighted by Crippen LogP contribution is 2.28. The van der Waals surface area contributed by atoms with Gasteiger partial charge in [-0.1, -0.05) is 0 Å². The smallest absolute Gasteiger partial charge is 0.139 e. The van der Waals surface area contributed by atoms with Crippen molar-refractivity contribution in [1.29, 1.82) is 0 Å². The van der Waals surface area contributed by atoms with Gasteiger partial charge in [-0.25, -0.2) is 4.39 Å². The van der Waals surface area contributed by atoms with E-state index in [1.807, 2.05) is 6.92 Å². The Balaban J connectivity index is 2.09. The van der Waals surface area contributed by atoms with Gasteiger partial charge in [-0.15, -0.1) is 0 Å². The molecule has 3 N–H and O–H groups in total. The Morgan fingerprint density at radius 2 is 2.35 bits per heavy atom. The highest BCUT2D eigenvalue weighted by atomic mass is 79.9. The minimum atomic E-state index is -0.318. The predicted molar refractivity (Wildman–Crippen MR) is 70.6 cm³/mol. The molecular weight excluding hydrogens is 287 g/mol. The number of nitrogens with two attached hydrogens (primary N) is 1. The van der Waals surface area contributed by atoms with E-state index in [-0.39, 0.29) is 18.0 Å². The van der Waals surface area contributed by atoms with Gasteiger partial charge in [0.1, 0.15) is 5.82 Å². The van der Waals surface area contributed by atoms with Crippen LogP contribution in [0.3, 0.4) is 0 Å². The first-order chi connectivity index (χ1) is 8.08. The van der Waals surface area contributed by atoms with Crippen LogP contribution in [0.1, 0.15) is 19.8 Å². The van der Waals surface area contributed by atoms with E-state index in [1.54, 1.807) is 6.07 Å². The van der Waals surface area contributed by atoms with Crippen molar-refractivity contribution in [3.8, 4) is 0 Å². The minimum Gasteiger partial charge on any atom is -0.397 e. The SMILES string of the molecule is CC(Nc1cc(F)c(Br)cc1N)C1CCCO1. The number of nitrogen functional groups attached to an aromatic ring is 1. The lowest BCUT2D eigenvalue weighted by molar-refractivity contribution is 0.0997. The predicted octanol–water partition coefficient (Wildman–Crippen LogP) is 3.15. The number of hydrogen-bond donors (Lipinski definition) is 2. The van der Waals surface area contributed by atoms with Crippen LogP contribution in [-0.2, 0) is 4.74 Å². The normalized spacial score (nSPS) is 21.5. The largest absolute Gasteiger partial charge is 0.397 e. The van der Waals surface area contributed by atoms with E-state index in [1.165, 1.54) is 6.07 Å². The maximum Gasteiger partial charge on any atom is 0.139 e. The van der Waals surface area contributed by atoms with Gasteiger partial charge in [0, 0.05) is 18.7 Å². The molecule has 94 valence electrons. The highest BCUT2D eigenvalue weighted by molar-refractivity contribution is 9.10. The summed E-state index contributed by atoms with van der Waals surface area (Å²) in [5, 5.41) is 3.21. The number of rotatable bonds is 3. The van der Waals surface area contributed by atoms with Crippen LogP contribution >= 0.6 is 15.9 Å². The number of anilines is 2. The topological polar surface area (TPSA) is 47.3 Å². The molecule has 2 unspecified atom stereocenters. The number of halogens is 2. The van der Waals surface area contributed by atoms with E-state index in [4.69, 9.17) is 10.5 Å². The molecule has 2 rings (SSSR count). The molecule has 1 aliphatic heterocycles. The highest BCUT2D eigenvalue weighted by Gasteiger charge is 2.22. The Labute approximate surface area is 109 Å². The fraction of sp³-hybridized carbons (Fsp3) is 0.500. The van der Waals surface area contributed by atoms with Crippen molar-refractivity contribution < 1.29 is 9.13 Å². The van der Waals surface area contributed by atoms with Crippen LogP contribution in [0.2, 0.25) is 0 Å².